The van der Waals surface area contributed by atoms with Crippen LogP contribution in [0.1, 0.15) is 23.4 Å². The Bertz CT molecular complexity index is 881. The predicted octanol–water partition coefficient (Wildman–Crippen LogP) is 3.60. The number of hydrogen-bond acceptors (Lipinski definition) is 3. The number of aromatic nitrogens is 3. The second-order valence-corrected chi connectivity index (χ2v) is 6.08. The summed E-state index contributed by atoms with van der Waals surface area (Å²) in [5.74, 6) is -0.502. The van der Waals surface area contributed by atoms with Crippen LogP contribution in [-0.2, 0) is 13.6 Å². The van der Waals surface area contributed by atoms with Gasteiger partial charge in [-0.15, -0.1) is 5.10 Å². The summed E-state index contributed by atoms with van der Waals surface area (Å²) in [5.41, 5.74) is 3.30. The molecule has 0 bridgehead atoms. The van der Waals surface area contributed by atoms with E-state index in [4.69, 9.17) is 0 Å². The first kappa shape index (κ1) is 15.6. The first-order valence-corrected chi connectivity index (χ1v) is 7.95. The summed E-state index contributed by atoms with van der Waals surface area (Å²) in [7, 11) is 1.37. The predicted molar refractivity (Wildman–Crippen MR) is 86.0 cm³/mol. The molecule has 2 heterocycles. The molecule has 3 aromatic rings. The van der Waals surface area contributed by atoms with Crippen molar-refractivity contribution in [1.29, 1.82) is 0 Å². The average molecular weight is 335 g/mol. The molecule has 2 aromatic heterocycles. The largest absolute Gasteiger partial charge is 0.346 e. The van der Waals surface area contributed by atoms with Crippen LogP contribution in [0.25, 0.3) is 11.1 Å². The minimum absolute atomic E-state index is 0.0795. The summed E-state index contributed by atoms with van der Waals surface area (Å²) in [6.45, 7) is 1.98. The standard InChI is InChI=1S/C16H15F2N3OS/c1-10-3-4-11(12-5-6-23-9-12)7-13(10)8-21-15(14(17)18)19-20(2)16(21)22/h3-7,9,14H,8H2,1-2H3. The van der Waals surface area contributed by atoms with Gasteiger partial charge in [-0.1, -0.05) is 12.1 Å². The molecule has 0 aliphatic rings. The quantitative estimate of drug-likeness (QED) is 0.731. The van der Waals surface area contributed by atoms with E-state index in [9.17, 15) is 13.6 Å². The Kier molecular flexibility index (Phi) is 4.12. The Labute approximate surface area is 135 Å². The van der Waals surface area contributed by atoms with E-state index in [1.54, 1.807) is 11.3 Å². The number of aryl methyl sites for hydroxylation is 2. The highest BCUT2D eigenvalue weighted by Crippen LogP contribution is 2.25. The molecule has 0 spiro atoms. The van der Waals surface area contributed by atoms with Crippen molar-refractivity contribution in [2.75, 3.05) is 0 Å². The molecule has 0 radical (unpaired) electrons. The fourth-order valence-electron chi connectivity index (χ4n) is 2.45. The normalized spacial score (nSPS) is 11.3. The van der Waals surface area contributed by atoms with Gasteiger partial charge in [-0.25, -0.2) is 18.3 Å². The number of alkyl halides is 2. The van der Waals surface area contributed by atoms with Crippen LogP contribution in [0.5, 0.6) is 0 Å². The minimum atomic E-state index is -2.79. The van der Waals surface area contributed by atoms with E-state index in [0.29, 0.717) is 0 Å². The molecule has 3 rings (SSSR count). The van der Waals surface area contributed by atoms with E-state index >= 15 is 0 Å². The van der Waals surface area contributed by atoms with E-state index in [0.717, 1.165) is 31.5 Å². The van der Waals surface area contributed by atoms with Gasteiger partial charge in [-0.3, -0.25) is 4.57 Å². The fourth-order valence-corrected chi connectivity index (χ4v) is 3.12. The van der Waals surface area contributed by atoms with Crippen LogP contribution in [0.2, 0.25) is 0 Å². The van der Waals surface area contributed by atoms with Gasteiger partial charge in [0.15, 0.2) is 0 Å². The molecular weight excluding hydrogens is 320 g/mol. The Hall–Kier alpha value is -2.28. The fraction of sp³-hybridized carbons (Fsp3) is 0.250. The summed E-state index contributed by atoms with van der Waals surface area (Å²) in [6, 6.07) is 7.86. The third-order valence-electron chi connectivity index (χ3n) is 3.76. The molecule has 7 heteroatoms. The Balaban J connectivity index is 2.04. The van der Waals surface area contributed by atoms with E-state index < -0.39 is 17.9 Å². The number of rotatable bonds is 4. The smallest absolute Gasteiger partial charge is 0.270 e. The zero-order valence-corrected chi connectivity index (χ0v) is 13.5. The lowest BCUT2D eigenvalue weighted by atomic mass is 10.0. The maximum atomic E-state index is 13.1. The summed E-state index contributed by atoms with van der Waals surface area (Å²) in [5, 5.41) is 7.63. The van der Waals surface area contributed by atoms with Gasteiger partial charge in [0.25, 0.3) is 6.43 Å². The summed E-state index contributed by atoms with van der Waals surface area (Å²) in [4.78, 5) is 12.1. The minimum Gasteiger partial charge on any atom is -0.270 e. The monoisotopic (exact) mass is 335 g/mol. The van der Waals surface area contributed by atoms with Crippen LogP contribution < -0.4 is 5.69 Å². The van der Waals surface area contributed by atoms with Crippen molar-refractivity contribution in [2.45, 2.75) is 19.9 Å². The van der Waals surface area contributed by atoms with Crippen LogP contribution in [-0.4, -0.2) is 14.3 Å². The highest BCUT2D eigenvalue weighted by molar-refractivity contribution is 7.08. The molecule has 0 aliphatic heterocycles. The van der Waals surface area contributed by atoms with Crippen LogP contribution in [0, 0.1) is 6.92 Å². The third kappa shape index (κ3) is 2.96. The summed E-state index contributed by atoms with van der Waals surface area (Å²) >= 11 is 1.59. The molecule has 0 saturated carbocycles. The molecule has 23 heavy (non-hydrogen) atoms. The van der Waals surface area contributed by atoms with Crippen molar-refractivity contribution in [3.8, 4) is 11.1 Å². The number of halogens is 2. The second kappa shape index (κ2) is 6.08. The van der Waals surface area contributed by atoms with Crippen LogP contribution in [0.3, 0.4) is 0 Å². The van der Waals surface area contributed by atoms with E-state index in [1.165, 1.54) is 7.05 Å². The van der Waals surface area contributed by atoms with E-state index in [1.807, 2.05) is 41.9 Å². The molecule has 0 amide bonds. The lowest BCUT2D eigenvalue weighted by Gasteiger charge is -2.10. The van der Waals surface area contributed by atoms with E-state index in [-0.39, 0.29) is 6.54 Å². The van der Waals surface area contributed by atoms with Crippen LogP contribution in [0.4, 0.5) is 8.78 Å². The molecule has 0 atom stereocenters. The zero-order valence-electron chi connectivity index (χ0n) is 12.7. The van der Waals surface area contributed by atoms with Crippen molar-refractivity contribution in [3.05, 3.63) is 62.5 Å². The topological polar surface area (TPSA) is 39.8 Å². The Morgan fingerprint density at radius 3 is 2.70 bits per heavy atom. The van der Waals surface area contributed by atoms with Gasteiger partial charge in [0.1, 0.15) is 0 Å². The molecule has 4 nitrogen and oxygen atoms in total. The number of thiophene rings is 1. The van der Waals surface area contributed by atoms with Crippen LogP contribution in [0.15, 0.2) is 39.8 Å². The molecule has 0 saturated heterocycles. The second-order valence-electron chi connectivity index (χ2n) is 5.30. The molecule has 0 aliphatic carbocycles. The molecule has 0 unspecified atom stereocenters. The SMILES string of the molecule is Cc1ccc(-c2ccsc2)cc1Cn1c(C(F)F)nn(C)c1=O. The maximum absolute atomic E-state index is 13.1. The van der Waals surface area contributed by atoms with Gasteiger partial charge < -0.3 is 0 Å². The van der Waals surface area contributed by atoms with E-state index in [2.05, 4.69) is 5.10 Å². The summed E-state index contributed by atoms with van der Waals surface area (Å²) < 4.78 is 28.2. The molecule has 120 valence electrons. The van der Waals surface area contributed by atoms with Gasteiger partial charge in [-0.05, 0) is 52.1 Å². The molecule has 1 aromatic carbocycles. The van der Waals surface area contributed by atoms with Crippen molar-refractivity contribution in [1.82, 2.24) is 14.3 Å². The Morgan fingerprint density at radius 1 is 1.26 bits per heavy atom. The Morgan fingerprint density at radius 2 is 2.04 bits per heavy atom. The highest BCUT2D eigenvalue weighted by atomic mass is 32.1. The van der Waals surface area contributed by atoms with Gasteiger partial charge in [0.05, 0.1) is 6.54 Å². The van der Waals surface area contributed by atoms with Crippen molar-refractivity contribution < 1.29 is 8.78 Å². The molecule has 0 N–H and O–H groups in total. The van der Waals surface area contributed by atoms with Crippen molar-refractivity contribution >= 4 is 11.3 Å². The third-order valence-corrected chi connectivity index (χ3v) is 4.45. The molecular formula is C16H15F2N3OS. The molecule has 0 fully saturated rings. The van der Waals surface area contributed by atoms with Crippen LogP contribution >= 0.6 is 11.3 Å². The average Bonchev–Trinajstić information content (AvgIpc) is 3.13. The zero-order chi connectivity index (χ0) is 16.6. The van der Waals surface area contributed by atoms with Crippen molar-refractivity contribution in [3.63, 3.8) is 0 Å². The van der Waals surface area contributed by atoms with Crippen molar-refractivity contribution in [2.24, 2.45) is 7.05 Å². The number of nitrogens with zero attached hydrogens (tertiary/aromatic N) is 3. The summed E-state index contributed by atoms with van der Waals surface area (Å²) in [6.07, 6.45) is -2.79. The van der Waals surface area contributed by atoms with Gasteiger partial charge in [0.2, 0.25) is 5.82 Å². The van der Waals surface area contributed by atoms with Gasteiger partial charge >= 0.3 is 5.69 Å². The maximum Gasteiger partial charge on any atom is 0.346 e. The first-order chi connectivity index (χ1) is 11.0. The number of benzene rings is 1. The number of hydrogen-bond donors (Lipinski definition) is 0. The highest BCUT2D eigenvalue weighted by Gasteiger charge is 2.20. The lowest BCUT2D eigenvalue weighted by Crippen LogP contribution is -2.24. The van der Waals surface area contributed by atoms with Gasteiger partial charge in [-0.2, -0.15) is 11.3 Å². The lowest BCUT2D eigenvalue weighted by molar-refractivity contribution is 0.134. The first-order valence-electron chi connectivity index (χ1n) is 7.01. The van der Waals surface area contributed by atoms with Gasteiger partial charge in [0, 0.05) is 7.05 Å².